The second kappa shape index (κ2) is 6.84. The molecule has 0 bridgehead atoms. The van der Waals surface area contributed by atoms with Crippen molar-refractivity contribution in [3.05, 3.63) is 0 Å². The van der Waals surface area contributed by atoms with Crippen LogP contribution in [0.5, 0.6) is 0 Å². The van der Waals surface area contributed by atoms with Crippen LogP contribution in [0.2, 0.25) is 0 Å². The first-order valence-corrected chi connectivity index (χ1v) is 11.7. The van der Waals surface area contributed by atoms with Gasteiger partial charge in [-0.05, 0) is 105 Å². The summed E-state index contributed by atoms with van der Waals surface area (Å²) >= 11 is 0. The van der Waals surface area contributed by atoms with Crippen molar-refractivity contribution in [3.8, 4) is 0 Å². The van der Waals surface area contributed by atoms with E-state index in [0.29, 0.717) is 10.8 Å². The molecule has 8 atom stereocenters. The Morgan fingerprint density at radius 1 is 0.840 bits per heavy atom. The molecule has 0 aromatic heterocycles. The van der Waals surface area contributed by atoms with E-state index in [2.05, 4.69) is 20.8 Å². The third-order valence-electron chi connectivity index (χ3n) is 9.99. The fraction of sp³-hybridized carbons (Fsp3) is 1.00. The largest absolute Gasteiger partial charge is 0.393 e. The monoisotopic (exact) mass is 346 g/mol. The minimum Gasteiger partial charge on any atom is -0.393 e. The lowest BCUT2D eigenvalue weighted by atomic mass is 9.44. The molecule has 0 aromatic rings. The molecule has 1 nitrogen and oxygen atoms in total. The Morgan fingerprint density at radius 3 is 2.40 bits per heavy atom. The highest BCUT2D eigenvalue weighted by atomic mass is 16.3. The molecule has 0 saturated heterocycles. The summed E-state index contributed by atoms with van der Waals surface area (Å²) in [6, 6.07) is 0. The van der Waals surface area contributed by atoms with E-state index in [9.17, 15) is 5.11 Å². The van der Waals surface area contributed by atoms with Crippen LogP contribution in [0.1, 0.15) is 104 Å². The van der Waals surface area contributed by atoms with Gasteiger partial charge in [-0.3, -0.25) is 0 Å². The molecule has 0 amide bonds. The molecule has 4 aliphatic carbocycles. The predicted octanol–water partition coefficient (Wildman–Crippen LogP) is 6.59. The molecule has 4 rings (SSSR count). The Balaban J connectivity index is 1.50. The lowest BCUT2D eigenvalue weighted by Gasteiger charge is -2.61. The van der Waals surface area contributed by atoms with Crippen molar-refractivity contribution < 1.29 is 5.11 Å². The van der Waals surface area contributed by atoms with E-state index in [1.165, 1.54) is 70.6 Å². The molecule has 0 heterocycles. The van der Waals surface area contributed by atoms with Crippen molar-refractivity contribution in [1.82, 2.24) is 0 Å². The third kappa shape index (κ3) is 2.91. The van der Waals surface area contributed by atoms with Crippen molar-refractivity contribution >= 4 is 0 Å². The summed E-state index contributed by atoms with van der Waals surface area (Å²) in [6.45, 7) is 7.65. The van der Waals surface area contributed by atoms with E-state index in [1.54, 1.807) is 0 Å². The average molecular weight is 347 g/mol. The van der Waals surface area contributed by atoms with Gasteiger partial charge in [-0.25, -0.2) is 0 Å². The summed E-state index contributed by atoms with van der Waals surface area (Å²) in [5, 5.41) is 10.2. The van der Waals surface area contributed by atoms with Crippen LogP contribution in [-0.2, 0) is 0 Å². The van der Waals surface area contributed by atoms with Crippen LogP contribution >= 0.6 is 0 Å². The number of hydrogen-bond donors (Lipinski definition) is 1. The first-order chi connectivity index (χ1) is 12.0. The van der Waals surface area contributed by atoms with E-state index in [4.69, 9.17) is 0 Å². The van der Waals surface area contributed by atoms with Gasteiger partial charge in [-0.2, -0.15) is 0 Å². The van der Waals surface area contributed by atoms with Crippen molar-refractivity contribution in [2.45, 2.75) is 110 Å². The van der Waals surface area contributed by atoms with Crippen LogP contribution in [0.4, 0.5) is 0 Å². The van der Waals surface area contributed by atoms with E-state index in [0.717, 1.165) is 42.4 Å². The van der Waals surface area contributed by atoms with Gasteiger partial charge in [-0.15, -0.1) is 0 Å². The van der Waals surface area contributed by atoms with Gasteiger partial charge in [-0.1, -0.05) is 40.0 Å². The topological polar surface area (TPSA) is 20.2 Å². The van der Waals surface area contributed by atoms with Gasteiger partial charge in [0.05, 0.1) is 6.10 Å². The Labute approximate surface area is 156 Å². The minimum atomic E-state index is -0.00194. The normalized spacial score (nSPS) is 52.3. The number of unbranched alkanes of at least 4 members (excludes halogenated alkanes) is 2. The SMILES string of the molecule is CCCCCC1CCC2C3CCC4CC(O)CCC4(C)C3CCC12C. The third-order valence-corrected chi connectivity index (χ3v) is 9.99. The number of aliphatic hydroxyl groups excluding tert-OH is 1. The highest BCUT2D eigenvalue weighted by Crippen LogP contribution is 2.67. The van der Waals surface area contributed by atoms with Gasteiger partial charge in [0.25, 0.3) is 0 Å². The van der Waals surface area contributed by atoms with E-state index in [1.807, 2.05) is 0 Å². The predicted molar refractivity (Wildman–Crippen MR) is 105 cm³/mol. The molecule has 0 aromatic carbocycles. The van der Waals surface area contributed by atoms with Crippen LogP contribution in [0.25, 0.3) is 0 Å². The molecule has 0 aliphatic heterocycles. The maximum atomic E-state index is 10.2. The zero-order valence-corrected chi connectivity index (χ0v) is 17.1. The Bertz CT molecular complexity index is 473. The molecule has 8 unspecified atom stereocenters. The quantitative estimate of drug-likeness (QED) is 0.569. The maximum absolute atomic E-state index is 10.2. The average Bonchev–Trinajstić information content (AvgIpc) is 2.92. The number of hydrogen-bond acceptors (Lipinski definition) is 1. The molecule has 0 spiro atoms. The van der Waals surface area contributed by atoms with Crippen LogP contribution in [0.3, 0.4) is 0 Å². The van der Waals surface area contributed by atoms with E-state index in [-0.39, 0.29) is 6.10 Å². The maximum Gasteiger partial charge on any atom is 0.0543 e. The zero-order valence-electron chi connectivity index (χ0n) is 17.1. The van der Waals surface area contributed by atoms with Crippen molar-refractivity contribution in [2.24, 2.45) is 40.4 Å². The van der Waals surface area contributed by atoms with Gasteiger partial charge in [0.1, 0.15) is 0 Å². The fourth-order valence-corrected chi connectivity index (χ4v) is 8.46. The second-order valence-corrected chi connectivity index (χ2v) is 10.9. The Kier molecular flexibility index (Phi) is 5.02. The highest BCUT2D eigenvalue weighted by Gasteiger charge is 2.59. The fourth-order valence-electron chi connectivity index (χ4n) is 8.46. The second-order valence-electron chi connectivity index (χ2n) is 10.9. The van der Waals surface area contributed by atoms with Crippen LogP contribution in [-0.4, -0.2) is 11.2 Å². The van der Waals surface area contributed by atoms with Crippen LogP contribution in [0.15, 0.2) is 0 Å². The molecule has 4 saturated carbocycles. The molecule has 1 N–H and O–H groups in total. The lowest BCUT2D eigenvalue weighted by Crippen LogP contribution is -2.53. The summed E-state index contributed by atoms with van der Waals surface area (Å²) in [6.07, 6.45) is 18.1. The molecule has 4 aliphatic rings. The van der Waals surface area contributed by atoms with Crippen LogP contribution in [0, 0.1) is 40.4 Å². The van der Waals surface area contributed by atoms with Crippen molar-refractivity contribution in [1.29, 1.82) is 0 Å². The standard InChI is InChI=1S/C24H42O/c1-4-5-6-7-17-9-11-21-20-10-8-18-16-19(25)12-14-24(18,3)22(20)13-15-23(17,21)2/h17-22,25H,4-16H2,1-3H3. The van der Waals surface area contributed by atoms with Gasteiger partial charge >= 0.3 is 0 Å². The van der Waals surface area contributed by atoms with Crippen molar-refractivity contribution in [3.63, 3.8) is 0 Å². The Morgan fingerprint density at radius 2 is 1.60 bits per heavy atom. The smallest absolute Gasteiger partial charge is 0.0543 e. The molecular weight excluding hydrogens is 304 g/mol. The van der Waals surface area contributed by atoms with E-state index < -0.39 is 0 Å². The molecule has 4 fully saturated rings. The highest BCUT2D eigenvalue weighted by molar-refractivity contribution is 5.09. The van der Waals surface area contributed by atoms with Gasteiger partial charge < -0.3 is 5.11 Å². The van der Waals surface area contributed by atoms with Crippen molar-refractivity contribution in [2.75, 3.05) is 0 Å². The Hall–Kier alpha value is -0.0400. The number of rotatable bonds is 4. The molecule has 144 valence electrons. The number of fused-ring (bicyclic) bond motifs is 5. The van der Waals surface area contributed by atoms with Gasteiger partial charge in [0.15, 0.2) is 0 Å². The lowest BCUT2D eigenvalue weighted by molar-refractivity contribution is -0.127. The van der Waals surface area contributed by atoms with Gasteiger partial charge in [0.2, 0.25) is 0 Å². The minimum absolute atomic E-state index is 0.00194. The first kappa shape index (κ1) is 18.3. The van der Waals surface area contributed by atoms with Crippen LogP contribution < -0.4 is 0 Å². The van der Waals surface area contributed by atoms with Gasteiger partial charge in [0, 0.05) is 0 Å². The summed E-state index contributed by atoms with van der Waals surface area (Å²) in [7, 11) is 0. The summed E-state index contributed by atoms with van der Waals surface area (Å²) in [5.74, 6) is 4.81. The number of aliphatic hydroxyl groups is 1. The molecular formula is C24H42O. The summed E-state index contributed by atoms with van der Waals surface area (Å²) in [5.41, 5.74) is 1.20. The zero-order chi connectivity index (χ0) is 17.7. The molecule has 25 heavy (non-hydrogen) atoms. The van der Waals surface area contributed by atoms with E-state index >= 15 is 0 Å². The molecule has 0 radical (unpaired) electrons. The molecule has 1 heteroatoms. The first-order valence-electron chi connectivity index (χ1n) is 11.7. The summed E-state index contributed by atoms with van der Waals surface area (Å²) < 4.78 is 0. The summed E-state index contributed by atoms with van der Waals surface area (Å²) in [4.78, 5) is 0.